The van der Waals surface area contributed by atoms with Gasteiger partial charge in [0, 0.05) is 12.1 Å². The lowest BCUT2D eigenvalue weighted by Gasteiger charge is -2.07. The van der Waals surface area contributed by atoms with Crippen LogP contribution >= 0.6 is 0 Å². The molecule has 0 atom stereocenters. The van der Waals surface area contributed by atoms with Crippen LogP contribution in [-0.4, -0.2) is 22.5 Å². The fraction of sp³-hybridized carbons (Fsp3) is 0.167. The van der Waals surface area contributed by atoms with Crippen LogP contribution in [0, 0.1) is 0 Å². The molecule has 0 saturated heterocycles. The number of carbonyl (C=O) groups excluding carboxylic acids is 1. The van der Waals surface area contributed by atoms with Crippen molar-refractivity contribution in [2.75, 3.05) is 11.9 Å². The molecule has 1 aromatic heterocycles. The Morgan fingerprint density at radius 2 is 2.17 bits per heavy atom. The molecule has 2 N–H and O–H groups in total. The molecule has 1 aliphatic rings. The Kier molecular flexibility index (Phi) is 3.49. The van der Waals surface area contributed by atoms with Crippen molar-refractivity contribution in [3.8, 4) is 5.75 Å². The molecule has 2 heterocycles. The van der Waals surface area contributed by atoms with E-state index in [1.54, 1.807) is 18.2 Å². The molecule has 0 radical (unpaired) electrons. The van der Waals surface area contributed by atoms with Crippen molar-refractivity contribution in [3.63, 3.8) is 0 Å². The van der Waals surface area contributed by atoms with Crippen molar-refractivity contribution in [2.45, 2.75) is 12.8 Å². The van der Waals surface area contributed by atoms with E-state index in [-0.39, 0.29) is 17.9 Å². The van der Waals surface area contributed by atoms with Gasteiger partial charge in [0.1, 0.15) is 5.75 Å². The number of nitrogens with zero attached hydrogens (tertiary/aromatic N) is 1. The van der Waals surface area contributed by atoms with Crippen molar-refractivity contribution >= 4 is 22.5 Å². The molecule has 6 heteroatoms. The smallest absolute Gasteiger partial charge is 0.258 e. The van der Waals surface area contributed by atoms with Crippen LogP contribution in [-0.2, 0) is 17.6 Å². The average Bonchev–Trinajstić information content (AvgIpc) is 3.03. The minimum absolute atomic E-state index is 0.131. The van der Waals surface area contributed by atoms with Crippen LogP contribution in [0.5, 0.6) is 5.75 Å². The molecule has 0 fully saturated rings. The van der Waals surface area contributed by atoms with Gasteiger partial charge in [-0.1, -0.05) is 12.1 Å². The number of carbonyl (C=O) groups is 1. The maximum atomic E-state index is 12.3. The molecular formula is C18H15N3O3. The zero-order valence-electron chi connectivity index (χ0n) is 12.8. The summed E-state index contributed by atoms with van der Waals surface area (Å²) in [5, 5.41) is 3.28. The Labute approximate surface area is 137 Å². The second-order valence-electron chi connectivity index (χ2n) is 5.73. The van der Waals surface area contributed by atoms with Crippen molar-refractivity contribution in [1.82, 2.24) is 9.97 Å². The highest BCUT2D eigenvalue weighted by Crippen LogP contribution is 2.26. The second-order valence-corrected chi connectivity index (χ2v) is 5.73. The third-order valence-corrected chi connectivity index (χ3v) is 4.04. The normalized spacial score (nSPS) is 12.7. The van der Waals surface area contributed by atoms with E-state index in [0.29, 0.717) is 23.2 Å². The molecular weight excluding hydrogens is 306 g/mol. The van der Waals surface area contributed by atoms with Crippen LogP contribution in [0.4, 0.5) is 5.69 Å². The van der Waals surface area contributed by atoms with Gasteiger partial charge in [-0.15, -0.1) is 0 Å². The largest absolute Gasteiger partial charge is 0.493 e. The molecule has 0 unspecified atom stereocenters. The van der Waals surface area contributed by atoms with Crippen LogP contribution in [0.25, 0.3) is 10.9 Å². The lowest BCUT2D eigenvalue weighted by atomic mass is 10.1. The predicted molar refractivity (Wildman–Crippen MR) is 90.3 cm³/mol. The number of benzene rings is 2. The highest BCUT2D eigenvalue weighted by atomic mass is 16.5. The van der Waals surface area contributed by atoms with E-state index in [9.17, 15) is 9.59 Å². The first-order valence-electron chi connectivity index (χ1n) is 7.71. The summed E-state index contributed by atoms with van der Waals surface area (Å²) in [7, 11) is 0. The molecule has 1 aliphatic heterocycles. The zero-order valence-corrected chi connectivity index (χ0v) is 12.8. The van der Waals surface area contributed by atoms with E-state index in [0.717, 1.165) is 23.3 Å². The monoisotopic (exact) mass is 321 g/mol. The Hall–Kier alpha value is -3.15. The number of hydrogen-bond acceptors (Lipinski definition) is 4. The molecule has 0 aliphatic carbocycles. The number of hydrogen-bond donors (Lipinski definition) is 2. The number of nitrogens with one attached hydrogen (secondary N) is 2. The first-order valence-corrected chi connectivity index (χ1v) is 7.71. The molecule has 4 rings (SSSR count). The summed E-state index contributed by atoms with van der Waals surface area (Å²) in [4.78, 5) is 30.7. The Bertz CT molecular complexity index is 994. The lowest BCUT2D eigenvalue weighted by molar-refractivity contribution is -0.115. The number of amides is 1. The number of ether oxygens (including phenoxy) is 1. The second kappa shape index (κ2) is 5.81. The number of H-pyrrole nitrogens is 1. The summed E-state index contributed by atoms with van der Waals surface area (Å²) in [5.74, 6) is 0.772. The quantitative estimate of drug-likeness (QED) is 0.773. The van der Waals surface area contributed by atoms with Crippen LogP contribution in [0.2, 0.25) is 0 Å². The fourth-order valence-corrected chi connectivity index (χ4v) is 2.89. The maximum absolute atomic E-state index is 12.3. The number of aromatic nitrogens is 2. The summed E-state index contributed by atoms with van der Waals surface area (Å²) in [6.07, 6.45) is 2.51. The van der Waals surface area contributed by atoms with Crippen LogP contribution < -0.4 is 15.6 Å². The van der Waals surface area contributed by atoms with E-state index >= 15 is 0 Å². The van der Waals surface area contributed by atoms with E-state index in [2.05, 4.69) is 15.3 Å². The lowest BCUT2D eigenvalue weighted by Crippen LogP contribution is -2.15. The molecule has 120 valence electrons. The van der Waals surface area contributed by atoms with Crippen LogP contribution in [0.1, 0.15) is 11.1 Å². The molecule has 1 amide bonds. The van der Waals surface area contributed by atoms with Crippen molar-refractivity contribution < 1.29 is 9.53 Å². The van der Waals surface area contributed by atoms with Gasteiger partial charge in [0.15, 0.2) is 0 Å². The number of rotatable bonds is 3. The van der Waals surface area contributed by atoms with E-state index in [1.165, 1.54) is 6.33 Å². The van der Waals surface area contributed by atoms with Gasteiger partial charge in [0.05, 0.1) is 30.3 Å². The van der Waals surface area contributed by atoms with Gasteiger partial charge >= 0.3 is 0 Å². The SMILES string of the molecule is O=C(Cc1ccc2c(c1)CCO2)Nc1ccc2nc[nH]c(=O)c2c1. The summed E-state index contributed by atoms with van der Waals surface area (Å²) in [6.45, 7) is 0.699. The van der Waals surface area contributed by atoms with Crippen LogP contribution in [0.15, 0.2) is 47.5 Å². The topological polar surface area (TPSA) is 84.1 Å². The van der Waals surface area contributed by atoms with E-state index in [4.69, 9.17) is 4.74 Å². The van der Waals surface area contributed by atoms with Crippen molar-refractivity contribution in [3.05, 3.63) is 64.2 Å². The van der Waals surface area contributed by atoms with Gasteiger partial charge in [-0.3, -0.25) is 9.59 Å². The average molecular weight is 321 g/mol. The fourth-order valence-electron chi connectivity index (χ4n) is 2.89. The molecule has 2 aromatic carbocycles. The highest BCUT2D eigenvalue weighted by Gasteiger charge is 2.13. The first-order chi connectivity index (χ1) is 11.7. The predicted octanol–water partition coefficient (Wildman–Crippen LogP) is 2.04. The summed E-state index contributed by atoms with van der Waals surface area (Å²) >= 11 is 0. The number of fused-ring (bicyclic) bond motifs is 2. The molecule has 0 bridgehead atoms. The standard InChI is InChI=1S/C18H15N3O3/c22-17(8-11-1-4-16-12(7-11)5-6-24-16)21-13-2-3-15-14(9-13)18(23)20-10-19-15/h1-4,7,9-10H,5-6,8H2,(H,21,22)(H,19,20,23). The minimum Gasteiger partial charge on any atom is -0.493 e. The Balaban J connectivity index is 1.52. The summed E-state index contributed by atoms with van der Waals surface area (Å²) in [5.41, 5.74) is 3.03. The molecule has 3 aromatic rings. The van der Waals surface area contributed by atoms with Gasteiger partial charge in [0.25, 0.3) is 5.56 Å². The van der Waals surface area contributed by atoms with Gasteiger partial charge in [0.2, 0.25) is 5.91 Å². The van der Waals surface area contributed by atoms with E-state index in [1.807, 2.05) is 18.2 Å². The third-order valence-electron chi connectivity index (χ3n) is 4.04. The third kappa shape index (κ3) is 2.74. The number of aromatic amines is 1. The molecule has 0 spiro atoms. The molecule has 0 saturated carbocycles. The summed E-state index contributed by atoms with van der Waals surface area (Å²) < 4.78 is 5.47. The Morgan fingerprint density at radius 1 is 1.25 bits per heavy atom. The zero-order chi connectivity index (χ0) is 16.5. The van der Waals surface area contributed by atoms with Gasteiger partial charge in [-0.05, 0) is 35.4 Å². The van der Waals surface area contributed by atoms with Gasteiger partial charge in [-0.2, -0.15) is 0 Å². The van der Waals surface area contributed by atoms with Gasteiger partial charge < -0.3 is 15.0 Å². The van der Waals surface area contributed by atoms with Crippen LogP contribution in [0.3, 0.4) is 0 Å². The maximum Gasteiger partial charge on any atom is 0.258 e. The van der Waals surface area contributed by atoms with Crippen molar-refractivity contribution in [1.29, 1.82) is 0 Å². The van der Waals surface area contributed by atoms with E-state index < -0.39 is 0 Å². The number of anilines is 1. The summed E-state index contributed by atoms with van der Waals surface area (Å²) in [6, 6.07) is 10.9. The minimum atomic E-state index is -0.227. The first kappa shape index (κ1) is 14.4. The Morgan fingerprint density at radius 3 is 3.08 bits per heavy atom. The van der Waals surface area contributed by atoms with Crippen molar-refractivity contribution in [2.24, 2.45) is 0 Å². The molecule has 6 nitrogen and oxygen atoms in total. The van der Waals surface area contributed by atoms with Gasteiger partial charge in [-0.25, -0.2) is 4.98 Å². The molecule has 24 heavy (non-hydrogen) atoms. The highest BCUT2D eigenvalue weighted by molar-refractivity contribution is 5.94.